The van der Waals surface area contributed by atoms with E-state index in [-0.39, 0.29) is 5.75 Å². The Kier molecular flexibility index (Phi) is 10.1. The van der Waals surface area contributed by atoms with E-state index in [0.717, 1.165) is 4.57 Å². The molecule has 0 spiro atoms. The third kappa shape index (κ3) is 7.38. The fraction of sp³-hybridized carbons (Fsp3) is 0.458. The van der Waals surface area contributed by atoms with Crippen LogP contribution in [0.3, 0.4) is 0 Å². The van der Waals surface area contributed by atoms with Crippen LogP contribution in [0.2, 0.25) is 0 Å². The van der Waals surface area contributed by atoms with E-state index in [1.165, 1.54) is 19.2 Å². The number of nitrogens with zero attached hydrogens (tertiary/aromatic N) is 2. The highest BCUT2D eigenvalue weighted by Crippen LogP contribution is 2.46. The molecule has 1 aliphatic heterocycles. The van der Waals surface area contributed by atoms with Gasteiger partial charge in [0.25, 0.3) is 0 Å². The number of aliphatic hydroxyl groups excluding tert-OH is 1. The Morgan fingerprint density at radius 2 is 2.03 bits per heavy atom. The van der Waals surface area contributed by atoms with Crippen molar-refractivity contribution in [2.75, 3.05) is 19.0 Å². The van der Waals surface area contributed by atoms with Crippen molar-refractivity contribution in [2.45, 2.75) is 56.9 Å². The molecule has 1 fully saturated rings. The zero-order valence-electron chi connectivity index (χ0n) is 21.7. The summed E-state index contributed by atoms with van der Waals surface area (Å²) in [5.41, 5.74) is 3.78. The Labute approximate surface area is 230 Å². The molecular formula is C24H31ClN5O8P. The number of benzene rings is 1. The number of nitrogens with two attached hydrogens (primary N) is 1. The van der Waals surface area contributed by atoms with Crippen LogP contribution in [0.1, 0.15) is 27.0 Å². The smallest absolute Gasteiger partial charge is 0.459 e. The Balaban J connectivity index is 1.86. The summed E-state index contributed by atoms with van der Waals surface area (Å²) in [7, 11) is -2.68. The summed E-state index contributed by atoms with van der Waals surface area (Å²) in [5, 5.41) is 18.5. The molecule has 1 aromatic heterocycles. The van der Waals surface area contributed by atoms with Crippen LogP contribution in [0, 0.1) is 11.3 Å². The molecule has 1 saturated heterocycles. The number of aliphatic hydroxyl groups is 1. The van der Waals surface area contributed by atoms with Gasteiger partial charge in [-0.1, -0.05) is 24.1 Å². The number of nitrogens with one attached hydrogen (secondary N) is 2. The number of anilines is 1. The third-order valence-electron chi connectivity index (χ3n) is 5.59. The van der Waals surface area contributed by atoms with Gasteiger partial charge >= 0.3 is 19.4 Å². The number of carbonyl (C=O) groups excluding carboxylic acids is 1. The second kappa shape index (κ2) is 12.9. The van der Waals surface area contributed by atoms with E-state index in [9.17, 15) is 19.3 Å². The first-order valence-electron chi connectivity index (χ1n) is 11.9. The Bertz CT molecular complexity index is 1320. The molecule has 0 bridgehead atoms. The highest BCUT2D eigenvalue weighted by molar-refractivity contribution is 7.52. The summed E-state index contributed by atoms with van der Waals surface area (Å²) in [4.78, 5) is 28.9. The van der Waals surface area contributed by atoms with Crippen molar-refractivity contribution in [3.63, 3.8) is 0 Å². The van der Waals surface area contributed by atoms with Crippen molar-refractivity contribution in [3.05, 3.63) is 53.1 Å². The van der Waals surface area contributed by atoms with Crippen molar-refractivity contribution >= 4 is 31.1 Å². The van der Waals surface area contributed by atoms with Crippen LogP contribution in [-0.4, -0.2) is 64.2 Å². The molecule has 39 heavy (non-hydrogen) atoms. The number of para-hydroxylation sites is 1. The van der Waals surface area contributed by atoms with E-state index < -0.39 is 62.1 Å². The fourth-order valence-electron chi connectivity index (χ4n) is 3.69. The SMILES string of the molecule is CNc1ccn([C@@H]2O[C@H](COP(=O)(N[C@@H](C)C(=O)OC(C)C)Oc3ccccc3)C(O)[C@]2(N)C#CCl)c(=O)n1. The minimum Gasteiger partial charge on any atom is -0.462 e. The monoisotopic (exact) mass is 583 g/mol. The maximum absolute atomic E-state index is 13.8. The van der Waals surface area contributed by atoms with Crippen molar-refractivity contribution in [1.29, 1.82) is 0 Å². The number of carbonyl (C=O) groups is 1. The Hall–Kier alpha value is -2.95. The molecule has 0 radical (unpaired) electrons. The predicted molar refractivity (Wildman–Crippen MR) is 143 cm³/mol. The van der Waals surface area contributed by atoms with E-state index in [4.69, 9.17) is 35.9 Å². The molecule has 1 aliphatic rings. The van der Waals surface area contributed by atoms with E-state index >= 15 is 0 Å². The number of ether oxygens (including phenoxy) is 2. The molecule has 2 unspecified atom stereocenters. The van der Waals surface area contributed by atoms with Crippen molar-refractivity contribution < 1.29 is 33.0 Å². The maximum atomic E-state index is 13.8. The number of rotatable bonds is 11. The molecule has 2 heterocycles. The topological polar surface area (TPSA) is 176 Å². The van der Waals surface area contributed by atoms with Crippen molar-refractivity contribution in [2.24, 2.45) is 5.73 Å². The van der Waals surface area contributed by atoms with E-state index in [0.29, 0.717) is 5.82 Å². The van der Waals surface area contributed by atoms with Crippen LogP contribution < -0.4 is 26.4 Å². The molecule has 1 aromatic carbocycles. The molecule has 3 rings (SSSR count). The molecule has 0 saturated carbocycles. The van der Waals surface area contributed by atoms with Gasteiger partial charge in [-0.3, -0.25) is 13.9 Å². The first-order valence-corrected chi connectivity index (χ1v) is 13.8. The second-order valence-corrected chi connectivity index (χ2v) is 10.8. The van der Waals surface area contributed by atoms with Gasteiger partial charge in [-0.05, 0) is 50.6 Å². The Morgan fingerprint density at radius 1 is 1.33 bits per heavy atom. The number of hydrogen-bond acceptors (Lipinski definition) is 11. The second-order valence-electron chi connectivity index (χ2n) is 8.91. The van der Waals surface area contributed by atoms with E-state index in [1.54, 1.807) is 51.2 Å². The van der Waals surface area contributed by atoms with E-state index in [2.05, 4.69) is 26.7 Å². The predicted octanol–water partition coefficient (Wildman–Crippen LogP) is 1.57. The summed E-state index contributed by atoms with van der Waals surface area (Å²) < 4.78 is 37.1. The van der Waals surface area contributed by atoms with Gasteiger partial charge in [-0.25, -0.2) is 9.36 Å². The summed E-state index contributed by atoms with van der Waals surface area (Å²) >= 11 is 5.62. The first kappa shape index (κ1) is 30.6. The summed E-state index contributed by atoms with van der Waals surface area (Å²) in [6.07, 6.45) is -3.18. The lowest BCUT2D eigenvalue weighted by Gasteiger charge is -2.27. The molecule has 212 valence electrons. The summed E-state index contributed by atoms with van der Waals surface area (Å²) in [6.45, 7) is 4.24. The van der Waals surface area contributed by atoms with Gasteiger partial charge in [-0.15, -0.1) is 0 Å². The lowest BCUT2D eigenvalue weighted by atomic mass is 9.92. The van der Waals surface area contributed by atoms with Crippen molar-refractivity contribution in [3.8, 4) is 17.0 Å². The van der Waals surface area contributed by atoms with Crippen LogP contribution in [0.4, 0.5) is 5.82 Å². The van der Waals surface area contributed by atoms with Gasteiger partial charge in [0.15, 0.2) is 11.8 Å². The first-order chi connectivity index (χ1) is 18.4. The molecule has 0 aliphatic carbocycles. The van der Waals surface area contributed by atoms with Crippen LogP contribution in [0.15, 0.2) is 47.4 Å². The minimum absolute atomic E-state index is 0.187. The summed E-state index contributed by atoms with van der Waals surface area (Å²) in [6, 6.07) is 8.54. The van der Waals surface area contributed by atoms with Gasteiger partial charge in [-0.2, -0.15) is 10.1 Å². The maximum Gasteiger partial charge on any atom is 0.459 e. The highest BCUT2D eigenvalue weighted by Gasteiger charge is 2.55. The Morgan fingerprint density at radius 3 is 2.62 bits per heavy atom. The lowest BCUT2D eigenvalue weighted by molar-refractivity contribution is -0.149. The summed E-state index contributed by atoms with van der Waals surface area (Å²) in [5.74, 6) is 2.30. The van der Waals surface area contributed by atoms with Crippen LogP contribution >= 0.6 is 19.3 Å². The highest BCUT2D eigenvalue weighted by atomic mass is 35.5. The van der Waals surface area contributed by atoms with Gasteiger partial charge < -0.3 is 30.2 Å². The van der Waals surface area contributed by atoms with Crippen molar-refractivity contribution in [1.82, 2.24) is 14.6 Å². The molecule has 6 atom stereocenters. The fourth-order valence-corrected chi connectivity index (χ4v) is 5.35. The lowest BCUT2D eigenvalue weighted by Crippen LogP contribution is -2.55. The number of halogens is 1. The molecule has 13 nitrogen and oxygen atoms in total. The average Bonchev–Trinajstić information content (AvgIpc) is 3.12. The number of aromatic nitrogens is 2. The third-order valence-corrected chi connectivity index (χ3v) is 7.33. The van der Waals surface area contributed by atoms with Crippen LogP contribution in [0.25, 0.3) is 0 Å². The van der Waals surface area contributed by atoms with E-state index in [1.807, 2.05) is 0 Å². The standard InChI is InChI=1S/C24H31ClN5O8P/c1-15(2)36-21(32)16(3)29-39(34,38-17-8-6-5-7-9-17)35-14-18-20(31)24(26,11-12-25)22(37-18)30-13-10-19(27-4)28-23(30)33/h5-10,13,15-16,18,20,22,31H,14,26H2,1-4H3,(H,29,34)(H,27,28,33)/t16-,18+,20?,22+,24+,39?/m0/s1. The largest absolute Gasteiger partial charge is 0.462 e. The zero-order chi connectivity index (χ0) is 28.8. The molecule has 0 amide bonds. The molecule has 5 N–H and O–H groups in total. The van der Waals surface area contributed by atoms with Gasteiger partial charge in [0, 0.05) is 18.6 Å². The zero-order valence-corrected chi connectivity index (χ0v) is 23.4. The normalized spacial score (nSPS) is 24.8. The van der Waals surface area contributed by atoms with Gasteiger partial charge in [0.05, 0.1) is 12.7 Å². The average molecular weight is 584 g/mol. The number of hydrogen-bond donors (Lipinski definition) is 4. The molecule has 15 heteroatoms. The molecule has 2 aromatic rings. The van der Waals surface area contributed by atoms with Gasteiger partial charge in [0.2, 0.25) is 0 Å². The number of esters is 1. The van der Waals surface area contributed by atoms with Gasteiger partial charge in [0.1, 0.15) is 29.8 Å². The quantitative estimate of drug-likeness (QED) is 0.171. The van der Waals surface area contributed by atoms with Crippen LogP contribution in [0.5, 0.6) is 5.75 Å². The minimum atomic E-state index is -4.28. The molecular weight excluding hydrogens is 553 g/mol. The van der Waals surface area contributed by atoms with Crippen LogP contribution in [-0.2, 0) is 23.4 Å².